The number of anilines is 2. The number of rotatable bonds is 3. The number of pyridine rings is 1. The minimum atomic E-state index is -0.0703. The topological polar surface area (TPSA) is 63.5 Å². The zero-order valence-corrected chi connectivity index (χ0v) is 14.6. The Morgan fingerprint density at radius 2 is 1.96 bits per heavy atom. The van der Waals surface area contributed by atoms with Crippen LogP contribution in [0.15, 0.2) is 18.3 Å². The molecule has 0 atom stereocenters. The lowest BCUT2D eigenvalue weighted by Crippen LogP contribution is -2.36. The van der Waals surface area contributed by atoms with Crippen LogP contribution in [0.2, 0.25) is 0 Å². The van der Waals surface area contributed by atoms with E-state index in [-0.39, 0.29) is 5.91 Å². The van der Waals surface area contributed by atoms with Gasteiger partial charge in [-0.25, -0.2) is 4.98 Å². The molecular formula is C17H23N5O2. The zero-order chi connectivity index (χ0) is 17.3. The average molecular weight is 329 g/mol. The molecule has 0 aromatic carbocycles. The Labute approximate surface area is 141 Å². The normalized spacial score (nSPS) is 14.8. The van der Waals surface area contributed by atoms with Crippen LogP contribution in [0, 0.1) is 13.8 Å². The predicted octanol–water partition coefficient (Wildman–Crippen LogP) is 1.55. The minimum absolute atomic E-state index is 0.0703. The molecule has 1 aliphatic heterocycles. The van der Waals surface area contributed by atoms with Gasteiger partial charge in [0.25, 0.3) is 5.91 Å². The first-order chi connectivity index (χ1) is 11.5. The molecule has 0 saturated carbocycles. The summed E-state index contributed by atoms with van der Waals surface area (Å²) in [5, 5.41) is 4.32. The molecule has 2 aromatic heterocycles. The van der Waals surface area contributed by atoms with E-state index in [1.54, 1.807) is 22.8 Å². The molecule has 0 unspecified atom stereocenters. The van der Waals surface area contributed by atoms with Crippen molar-refractivity contribution in [2.45, 2.75) is 13.8 Å². The maximum atomic E-state index is 12.8. The quantitative estimate of drug-likeness (QED) is 0.855. The summed E-state index contributed by atoms with van der Waals surface area (Å²) in [6, 6.07) is 3.88. The third-order valence-corrected chi connectivity index (χ3v) is 4.48. The molecule has 0 spiro atoms. The number of aromatic nitrogens is 3. The molecule has 128 valence electrons. The largest absolute Gasteiger partial charge is 0.378 e. The number of nitrogens with zero attached hydrogens (tertiary/aromatic N) is 5. The highest BCUT2D eigenvalue weighted by Crippen LogP contribution is 2.21. The summed E-state index contributed by atoms with van der Waals surface area (Å²) in [5.41, 5.74) is 3.02. The second-order valence-electron chi connectivity index (χ2n) is 6.01. The molecule has 2 aromatic rings. The van der Waals surface area contributed by atoms with Gasteiger partial charge < -0.3 is 14.5 Å². The maximum absolute atomic E-state index is 12.8. The first-order valence-corrected chi connectivity index (χ1v) is 8.06. The number of carbonyl (C=O) groups excluding carboxylic acids is 1. The van der Waals surface area contributed by atoms with Crippen LogP contribution in [0.4, 0.5) is 11.5 Å². The Morgan fingerprint density at radius 3 is 2.50 bits per heavy atom. The molecule has 1 amide bonds. The summed E-state index contributed by atoms with van der Waals surface area (Å²) in [7, 11) is 3.61. The van der Waals surface area contributed by atoms with Gasteiger partial charge >= 0.3 is 0 Å². The van der Waals surface area contributed by atoms with Crippen LogP contribution in [-0.2, 0) is 11.8 Å². The molecule has 1 fully saturated rings. The van der Waals surface area contributed by atoms with E-state index in [1.807, 2.05) is 33.0 Å². The summed E-state index contributed by atoms with van der Waals surface area (Å²) < 4.78 is 7.09. The van der Waals surface area contributed by atoms with E-state index in [4.69, 9.17) is 4.74 Å². The van der Waals surface area contributed by atoms with Crippen molar-refractivity contribution in [2.24, 2.45) is 7.05 Å². The fraction of sp³-hybridized carbons (Fsp3) is 0.471. The molecule has 24 heavy (non-hydrogen) atoms. The Balaban J connectivity index is 1.79. The first-order valence-electron chi connectivity index (χ1n) is 8.06. The molecule has 1 saturated heterocycles. The number of amides is 1. The molecule has 7 heteroatoms. The number of carbonyl (C=O) groups is 1. The number of morpholine rings is 1. The fourth-order valence-electron chi connectivity index (χ4n) is 2.92. The van der Waals surface area contributed by atoms with Crippen LogP contribution in [0.3, 0.4) is 0 Å². The molecule has 0 N–H and O–H groups in total. The van der Waals surface area contributed by atoms with E-state index in [0.717, 1.165) is 49.2 Å². The number of hydrogen-bond acceptors (Lipinski definition) is 5. The number of hydrogen-bond donors (Lipinski definition) is 0. The second kappa shape index (κ2) is 6.60. The van der Waals surface area contributed by atoms with Gasteiger partial charge in [0, 0.05) is 32.9 Å². The predicted molar refractivity (Wildman–Crippen MR) is 92.7 cm³/mol. The van der Waals surface area contributed by atoms with Crippen molar-refractivity contribution in [1.29, 1.82) is 0 Å². The van der Waals surface area contributed by atoms with Crippen molar-refractivity contribution in [3.05, 3.63) is 35.3 Å². The Kier molecular flexibility index (Phi) is 4.53. The van der Waals surface area contributed by atoms with Gasteiger partial charge in [-0.2, -0.15) is 5.10 Å². The summed E-state index contributed by atoms with van der Waals surface area (Å²) in [4.78, 5) is 21.1. The summed E-state index contributed by atoms with van der Waals surface area (Å²) in [6.45, 7) is 6.89. The summed E-state index contributed by atoms with van der Waals surface area (Å²) in [5.74, 6) is 0.843. The molecule has 7 nitrogen and oxygen atoms in total. The monoisotopic (exact) mass is 329 g/mol. The highest BCUT2D eigenvalue weighted by molar-refractivity contribution is 6.07. The number of ether oxygens (including phenoxy) is 1. The Bertz CT molecular complexity index is 732. The lowest BCUT2D eigenvalue weighted by molar-refractivity contribution is 0.0991. The Hall–Kier alpha value is -2.41. The van der Waals surface area contributed by atoms with Crippen LogP contribution >= 0.6 is 0 Å². The summed E-state index contributed by atoms with van der Waals surface area (Å²) in [6.07, 6.45) is 1.74. The molecule has 0 bridgehead atoms. The fourth-order valence-corrected chi connectivity index (χ4v) is 2.92. The lowest BCUT2D eigenvalue weighted by atomic mass is 10.1. The van der Waals surface area contributed by atoms with Gasteiger partial charge in [0.1, 0.15) is 5.82 Å². The third-order valence-electron chi connectivity index (χ3n) is 4.48. The lowest BCUT2D eigenvalue weighted by Gasteiger charge is -2.28. The van der Waals surface area contributed by atoms with Crippen molar-refractivity contribution in [1.82, 2.24) is 14.8 Å². The maximum Gasteiger partial charge on any atom is 0.261 e. The highest BCUT2D eigenvalue weighted by atomic mass is 16.5. The molecule has 1 aliphatic rings. The van der Waals surface area contributed by atoms with Gasteiger partial charge in [-0.1, -0.05) is 0 Å². The van der Waals surface area contributed by atoms with Crippen molar-refractivity contribution in [2.75, 3.05) is 43.2 Å². The van der Waals surface area contributed by atoms with Crippen LogP contribution in [-0.4, -0.2) is 54.0 Å². The second-order valence-corrected chi connectivity index (χ2v) is 6.01. The van der Waals surface area contributed by atoms with Crippen molar-refractivity contribution in [3.63, 3.8) is 0 Å². The highest BCUT2D eigenvalue weighted by Gasteiger charge is 2.22. The van der Waals surface area contributed by atoms with Gasteiger partial charge in [-0.05, 0) is 26.0 Å². The van der Waals surface area contributed by atoms with Gasteiger partial charge in [0.05, 0.1) is 36.4 Å². The molecule has 0 radical (unpaired) electrons. The van der Waals surface area contributed by atoms with Crippen LogP contribution in [0.5, 0.6) is 0 Å². The average Bonchev–Trinajstić information content (AvgIpc) is 2.87. The van der Waals surface area contributed by atoms with Crippen LogP contribution < -0.4 is 9.80 Å². The van der Waals surface area contributed by atoms with Gasteiger partial charge in [-0.3, -0.25) is 9.48 Å². The smallest absolute Gasteiger partial charge is 0.261 e. The van der Waals surface area contributed by atoms with Crippen molar-refractivity contribution < 1.29 is 9.53 Å². The van der Waals surface area contributed by atoms with E-state index in [9.17, 15) is 4.79 Å². The minimum Gasteiger partial charge on any atom is -0.378 e. The van der Waals surface area contributed by atoms with Crippen LogP contribution in [0.25, 0.3) is 0 Å². The Morgan fingerprint density at radius 1 is 1.25 bits per heavy atom. The molecular weight excluding hydrogens is 306 g/mol. The van der Waals surface area contributed by atoms with Crippen LogP contribution in [0.1, 0.15) is 21.7 Å². The third kappa shape index (κ3) is 2.99. The van der Waals surface area contributed by atoms with E-state index in [2.05, 4.69) is 15.0 Å². The van der Waals surface area contributed by atoms with E-state index < -0.39 is 0 Å². The zero-order valence-electron chi connectivity index (χ0n) is 14.6. The van der Waals surface area contributed by atoms with E-state index >= 15 is 0 Å². The van der Waals surface area contributed by atoms with Gasteiger partial charge in [0.2, 0.25) is 0 Å². The number of aryl methyl sites for hydroxylation is 2. The van der Waals surface area contributed by atoms with Crippen molar-refractivity contribution in [3.8, 4) is 0 Å². The summed E-state index contributed by atoms with van der Waals surface area (Å²) >= 11 is 0. The molecule has 0 aliphatic carbocycles. The van der Waals surface area contributed by atoms with Gasteiger partial charge in [0.15, 0.2) is 0 Å². The molecule has 3 heterocycles. The first kappa shape index (κ1) is 16.4. The van der Waals surface area contributed by atoms with E-state index in [1.165, 1.54) is 0 Å². The standard InChI is InChI=1S/C17H23N5O2/c1-12-16(13(2)21(4)19-12)17(23)20(3)14-5-6-15(18-11-14)22-7-9-24-10-8-22/h5-6,11H,7-10H2,1-4H3. The SMILES string of the molecule is Cc1nn(C)c(C)c1C(=O)N(C)c1ccc(N2CCOCC2)nc1. The van der Waals surface area contributed by atoms with E-state index in [0.29, 0.717) is 5.56 Å². The van der Waals surface area contributed by atoms with Gasteiger partial charge in [-0.15, -0.1) is 0 Å². The molecule has 3 rings (SSSR count). The van der Waals surface area contributed by atoms with Crippen molar-refractivity contribution >= 4 is 17.4 Å².